The number of hydrogen-bond acceptors (Lipinski definition) is 5. The minimum Gasteiger partial charge on any atom is -0.480 e. The molecule has 2 amide bonds. The Morgan fingerprint density at radius 3 is 2.39 bits per heavy atom. The van der Waals surface area contributed by atoms with Gasteiger partial charge in [-0.15, -0.1) is 5.10 Å². The number of amides is 2. The summed E-state index contributed by atoms with van der Waals surface area (Å²) in [7, 11) is 0. The first-order chi connectivity index (χ1) is 8.24. The quantitative estimate of drug-likeness (QED) is 0.448. The molecule has 7 nitrogen and oxygen atoms in total. The highest BCUT2D eigenvalue weighted by Crippen LogP contribution is 2.05. The maximum atomic E-state index is 11.3. The van der Waals surface area contributed by atoms with Crippen LogP contribution in [-0.4, -0.2) is 36.7 Å². The van der Waals surface area contributed by atoms with Crippen LogP contribution >= 0.6 is 0 Å². The van der Waals surface area contributed by atoms with Gasteiger partial charge in [-0.1, -0.05) is 0 Å². The lowest BCUT2D eigenvalue weighted by atomic mass is 10.2. The third kappa shape index (κ3) is 9.44. The summed E-state index contributed by atoms with van der Waals surface area (Å²) in [5, 5.41) is 5.98. The van der Waals surface area contributed by atoms with Gasteiger partial charge in [0, 0.05) is 6.92 Å². The molecule has 0 saturated heterocycles. The van der Waals surface area contributed by atoms with E-state index in [2.05, 4.69) is 15.8 Å². The standard InChI is InChI=1S/C11H21N3O4/c1-6-17-8(2)13-14-9(15)7-12-10(16)18-11(3,4)5/h6-7H2,1-5H3,(H,12,16)(H,14,15). The molecule has 0 aliphatic heterocycles. The van der Waals surface area contributed by atoms with Crippen LogP contribution in [0.15, 0.2) is 5.10 Å². The van der Waals surface area contributed by atoms with Crippen molar-refractivity contribution in [3.8, 4) is 0 Å². The molecule has 0 rings (SSSR count). The predicted molar refractivity (Wildman–Crippen MR) is 67.1 cm³/mol. The van der Waals surface area contributed by atoms with E-state index in [1.807, 2.05) is 6.92 Å². The van der Waals surface area contributed by atoms with Crippen LogP contribution < -0.4 is 10.7 Å². The number of carbonyl (C=O) groups excluding carboxylic acids is 2. The first-order valence-corrected chi connectivity index (χ1v) is 5.67. The highest BCUT2D eigenvalue weighted by atomic mass is 16.6. The Balaban J connectivity index is 3.91. The highest BCUT2D eigenvalue weighted by molar-refractivity contribution is 5.83. The third-order valence-corrected chi connectivity index (χ3v) is 1.48. The lowest BCUT2D eigenvalue weighted by molar-refractivity contribution is -0.120. The van der Waals surface area contributed by atoms with Gasteiger partial charge in [0.05, 0.1) is 6.61 Å². The molecule has 2 N–H and O–H groups in total. The zero-order valence-electron chi connectivity index (χ0n) is 11.5. The van der Waals surface area contributed by atoms with Crippen LogP contribution in [0.4, 0.5) is 4.79 Å². The second-order valence-corrected chi connectivity index (χ2v) is 4.45. The predicted octanol–water partition coefficient (Wildman–Crippen LogP) is 0.997. The number of nitrogens with one attached hydrogen (secondary N) is 2. The van der Waals surface area contributed by atoms with E-state index >= 15 is 0 Å². The molecule has 0 aliphatic rings. The van der Waals surface area contributed by atoms with Gasteiger partial charge in [0.2, 0.25) is 5.90 Å². The number of ether oxygens (including phenoxy) is 2. The molecule has 0 radical (unpaired) electrons. The van der Waals surface area contributed by atoms with Gasteiger partial charge in [-0.25, -0.2) is 10.2 Å². The molecule has 18 heavy (non-hydrogen) atoms. The number of alkyl carbamates (subject to hydrolysis) is 1. The molecule has 0 spiro atoms. The monoisotopic (exact) mass is 259 g/mol. The Morgan fingerprint density at radius 2 is 1.89 bits per heavy atom. The Hall–Kier alpha value is -1.79. The number of hydrazone groups is 1. The molecule has 104 valence electrons. The van der Waals surface area contributed by atoms with Gasteiger partial charge in [-0.3, -0.25) is 4.79 Å². The molecule has 0 aromatic heterocycles. The van der Waals surface area contributed by atoms with E-state index in [1.165, 1.54) is 0 Å². The maximum Gasteiger partial charge on any atom is 0.408 e. The van der Waals surface area contributed by atoms with Crippen LogP contribution in [0.2, 0.25) is 0 Å². The Morgan fingerprint density at radius 1 is 1.28 bits per heavy atom. The molecule has 0 aliphatic carbocycles. The fourth-order valence-corrected chi connectivity index (χ4v) is 0.888. The van der Waals surface area contributed by atoms with Gasteiger partial charge in [0.15, 0.2) is 0 Å². The first kappa shape index (κ1) is 16.2. The summed E-state index contributed by atoms with van der Waals surface area (Å²) in [6.45, 7) is 8.91. The number of nitrogens with zero attached hydrogens (tertiary/aromatic N) is 1. The van der Waals surface area contributed by atoms with Crippen molar-refractivity contribution < 1.29 is 19.1 Å². The zero-order valence-corrected chi connectivity index (χ0v) is 11.5. The molecular formula is C11H21N3O4. The van der Waals surface area contributed by atoms with Gasteiger partial charge in [-0.05, 0) is 27.7 Å². The zero-order chi connectivity index (χ0) is 14.2. The lowest BCUT2D eigenvalue weighted by Crippen LogP contribution is -2.38. The van der Waals surface area contributed by atoms with Gasteiger partial charge < -0.3 is 14.8 Å². The van der Waals surface area contributed by atoms with Crippen molar-refractivity contribution in [1.29, 1.82) is 0 Å². The lowest BCUT2D eigenvalue weighted by Gasteiger charge is -2.19. The normalized spacial score (nSPS) is 11.7. The minimum absolute atomic E-state index is 0.210. The van der Waals surface area contributed by atoms with Crippen LogP contribution in [0, 0.1) is 0 Å². The number of rotatable bonds is 4. The summed E-state index contributed by atoms with van der Waals surface area (Å²) in [6.07, 6.45) is -0.650. The summed E-state index contributed by atoms with van der Waals surface area (Å²) < 4.78 is 9.97. The van der Waals surface area contributed by atoms with E-state index in [-0.39, 0.29) is 6.54 Å². The second kappa shape index (κ2) is 7.52. The molecule has 0 unspecified atom stereocenters. The highest BCUT2D eigenvalue weighted by Gasteiger charge is 2.16. The molecule has 0 heterocycles. The fraction of sp³-hybridized carbons (Fsp3) is 0.727. The van der Waals surface area contributed by atoms with Gasteiger partial charge in [0.25, 0.3) is 5.91 Å². The Labute approximate surface area is 107 Å². The summed E-state index contributed by atoms with van der Waals surface area (Å²) in [6, 6.07) is 0. The molecule has 0 aromatic carbocycles. The van der Waals surface area contributed by atoms with Gasteiger partial charge in [-0.2, -0.15) is 0 Å². The van der Waals surface area contributed by atoms with Crippen molar-refractivity contribution >= 4 is 17.9 Å². The van der Waals surface area contributed by atoms with Gasteiger partial charge >= 0.3 is 6.09 Å². The summed E-state index contributed by atoms with van der Waals surface area (Å²) >= 11 is 0. The molecule has 0 aromatic rings. The second-order valence-electron chi connectivity index (χ2n) is 4.45. The number of hydrogen-bond donors (Lipinski definition) is 2. The summed E-state index contributed by atoms with van der Waals surface area (Å²) in [5.41, 5.74) is 1.65. The van der Waals surface area contributed by atoms with Crippen molar-refractivity contribution in [1.82, 2.24) is 10.7 Å². The van der Waals surface area contributed by atoms with Crippen LogP contribution in [0.25, 0.3) is 0 Å². The molecule has 7 heteroatoms. The van der Waals surface area contributed by atoms with Crippen molar-refractivity contribution in [3.63, 3.8) is 0 Å². The van der Waals surface area contributed by atoms with E-state index in [0.29, 0.717) is 12.5 Å². The maximum absolute atomic E-state index is 11.3. The van der Waals surface area contributed by atoms with E-state index in [9.17, 15) is 9.59 Å². The molecule has 0 bridgehead atoms. The summed E-state index contributed by atoms with van der Waals surface area (Å²) in [4.78, 5) is 22.5. The smallest absolute Gasteiger partial charge is 0.408 e. The topological polar surface area (TPSA) is 89.0 Å². The Bertz CT molecular complexity index is 321. The van der Waals surface area contributed by atoms with E-state index < -0.39 is 17.6 Å². The van der Waals surface area contributed by atoms with Crippen molar-refractivity contribution in [2.24, 2.45) is 5.10 Å². The van der Waals surface area contributed by atoms with Crippen molar-refractivity contribution in [2.75, 3.05) is 13.2 Å². The third-order valence-electron chi connectivity index (χ3n) is 1.48. The average molecular weight is 259 g/mol. The average Bonchev–Trinajstić information content (AvgIpc) is 2.21. The first-order valence-electron chi connectivity index (χ1n) is 5.67. The van der Waals surface area contributed by atoms with Gasteiger partial charge in [0.1, 0.15) is 12.1 Å². The fourth-order valence-electron chi connectivity index (χ4n) is 0.888. The van der Waals surface area contributed by atoms with Crippen molar-refractivity contribution in [2.45, 2.75) is 40.2 Å². The van der Waals surface area contributed by atoms with Crippen LogP contribution in [0.1, 0.15) is 34.6 Å². The number of carbonyl (C=O) groups is 2. The van der Waals surface area contributed by atoms with E-state index in [0.717, 1.165) is 0 Å². The largest absolute Gasteiger partial charge is 0.480 e. The van der Waals surface area contributed by atoms with Crippen LogP contribution in [0.5, 0.6) is 0 Å². The van der Waals surface area contributed by atoms with E-state index in [4.69, 9.17) is 9.47 Å². The summed E-state index contributed by atoms with van der Waals surface area (Å²) in [5.74, 6) is -0.108. The molecule has 0 atom stereocenters. The van der Waals surface area contributed by atoms with E-state index in [1.54, 1.807) is 27.7 Å². The minimum atomic E-state index is -0.650. The van der Waals surface area contributed by atoms with Crippen molar-refractivity contribution in [3.05, 3.63) is 0 Å². The SMILES string of the molecule is CCOC(C)=NNC(=O)CNC(=O)OC(C)(C)C. The Kier molecular flexibility index (Phi) is 6.77. The molecule has 0 saturated carbocycles. The molecule has 0 fully saturated rings. The molecular weight excluding hydrogens is 238 g/mol. The van der Waals surface area contributed by atoms with Crippen LogP contribution in [-0.2, 0) is 14.3 Å². The van der Waals surface area contributed by atoms with Crippen LogP contribution in [0.3, 0.4) is 0 Å².